The molecule has 0 saturated heterocycles. The molecule has 1 unspecified atom stereocenters. The van der Waals surface area contributed by atoms with Gasteiger partial charge in [-0.25, -0.2) is 0 Å². The zero-order valence-corrected chi connectivity index (χ0v) is 12.2. The fourth-order valence-corrected chi connectivity index (χ4v) is 2.97. The first-order chi connectivity index (χ1) is 9.68. The lowest BCUT2D eigenvalue weighted by Crippen LogP contribution is -2.20. The van der Waals surface area contributed by atoms with E-state index < -0.39 is 0 Å². The minimum atomic E-state index is 0.145. The number of hydrogen-bond acceptors (Lipinski definition) is 2. The molecule has 3 nitrogen and oxygen atoms in total. The van der Waals surface area contributed by atoms with E-state index in [-0.39, 0.29) is 6.04 Å². The van der Waals surface area contributed by atoms with Crippen LogP contribution in [0.3, 0.4) is 0 Å². The number of aromatic amines is 1. The maximum atomic E-state index is 6.39. The normalized spacial score (nSPS) is 13.0. The van der Waals surface area contributed by atoms with E-state index in [0.717, 1.165) is 15.9 Å². The highest BCUT2D eigenvalue weighted by Crippen LogP contribution is 2.35. The summed E-state index contributed by atoms with van der Waals surface area (Å²) in [6, 6.07) is 10.2. The Morgan fingerprint density at radius 3 is 2.60 bits per heavy atom. The number of aromatic nitrogens is 2. The van der Waals surface area contributed by atoms with Crippen molar-refractivity contribution in [3.63, 3.8) is 0 Å². The van der Waals surface area contributed by atoms with Gasteiger partial charge >= 0.3 is 0 Å². The lowest BCUT2D eigenvalue weighted by Gasteiger charge is -2.24. The minimum absolute atomic E-state index is 0.145. The quantitative estimate of drug-likeness (QED) is 0.792. The Hall–Kier alpha value is -1.84. The topological polar surface area (TPSA) is 31.9 Å². The van der Waals surface area contributed by atoms with Gasteiger partial charge in [-0.2, -0.15) is 0 Å². The number of fused-ring (bicyclic) bond motifs is 1. The molecule has 1 atom stereocenters. The molecule has 1 N–H and O–H groups in total. The van der Waals surface area contributed by atoms with Crippen LogP contribution in [0.5, 0.6) is 0 Å². The first-order valence-corrected chi connectivity index (χ1v) is 6.88. The Bertz CT molecular complexity index is 719. The Kier molecular flexibility index (Phi) is 3.47. The molecule has 0 aliphatic heterocycles. The summed E-state index contributed by atoms with van der Waals surface area (Å²) in [6.07, 6.45) is 5.69. The van der Waals surface area contributed by atoms with Gasteiger partial charge in [0.15, 0.2) is 0 Å². The van der Waals surface area contributed by atoms with E-state index in [2.05, 4.69) is 29.0 Å². The summed E-state index contributed by atoms with van der Waals surface area (Å²) in [5, 5.41) is 1.87. The van der Waals surface area contributed by atoms with Gasteiger partial charge in [0, 0.05) is 35.1 Å². The largest absolute Gasteiger partial charge is 0.361 e. The monoisotopic (exact) mass is 285 g/mol. The van der Waals surface area contributed by atoms with Gasteiger partial charge in [0.05, 0.1) is 11.1 Å². The molecule has 0 aliphatic rings. The summed E-state index contributed by atoms with van der Waals surface area (Å²) in [5.74, 6) is 0. The van der Waals surface area contributed by atoms with Crippen LogP contribution >= 0.6 is 11.6 Å². The molecule has 0 spiro atoms. The second-order valence-electron chi connectivity index (χ2n) is 5.05. The molecule has 2 aromatic heterocycles. The molecule has 0 aliphatic carbocycles. The number of benzene rings is 1. The minimum Gasteiger partial charge on any atom is -0.361 e. The second-order valence-corrected chi connectivity index (χ2v) is 5.46. The van der Waals surface area contributed by atoms with Gasteiger partial charge < -0.3 is 4.98 Å². The van der Waals surface area contributed by atoms with E-state index in [1.54, 1.807) is 0 Å². The third kappa shape index (κ3) is 2.19. The Morgan fingerprint density at radius 2 is 1.90 bits per heavy atom. The van der Waals surface area contributed by atoms with Crippen LogP contribution in [0, 0.1) is 0 Å². The zero-order chi connectivity index (χ0) is 14.1. The van der Waals surface area contributed by atoms with Gasteiger partial charge in [-0.3, -0.25) is 9.88 Å². The average molecular weight is 286 g/mol. The van der Waals surface area contributed by atoms with Crippen molar-refractivity contribution in [2.75, 3.05) is 14.1 Å². The summed E-state index contributed by atoms with van der Waals surface area (Å²) >= 11 is 6.39. The number of halogens is 1. The van der Waals surface area contributed by atoms with Crippen LogP contribution in [0.2, 0.25) is 5.02 Å². The lowest BCUT2D eigenvalue weighted by atomic mass is 9.98. The summed E-state index contributed by atoms with van der Waals surface area (Å²) in [6.45, 7) is 0. The van der Waals surface area contributed by atoms with Crippen molar-refractivity contribution >= 4 is 22.5 Å². The fraction of sp³-hybridized carbons (Fsp3) is 0.188. The SMILES string of the molecule is CN(C)C(c1ccncc1)c1c[nH]c2cccc(Cl)c12. The molecule has 0 amide bonds. The fourth-order valence-electron chi connectivity index (χ4n) is 2.68. The van der Waals surface area contributed by atoms with Crippen LogP contribution in [-0.2, 0) is 0 Å². The third-order valence-electron chi connectivity index (χ3n) is 3.52. The Balaban J connectivity index is 2.21. The second kappa shape index (κ2) is 5.27. The van der Waals surface area contributed by atoms with E-state index in [9.17, 15) is 0 Å². The highest BCUT2D eigenvalue weighted by atomic mass is 35.5. The van der Waals surface area contributed by atoms with Crippen LogP contribution in [0.1, 0.15) is 17.2 Å². The zero-order valence-electron chi connectivity index (χ0n) is 11.5. The average Bonchev–Trinajstić information content (AvgIpc) is 2.85. The maximum absolute atomic E-state index is 6.39. The van der Waals surface area contributed by atoms with Gasteiger partial charge in [0.2, 0.25) is 0 Å². The van der Waals surface area contributed by atoms with E-state index in [1.165, 1.54) is 11.1 Å². The first kappa shape index (κ1) is 13.2. The standard InChI is InChI=1S/C16H16ClN3/c1-20(2)16(11-6-8-18-9-7-11)12-10-19-14-5-3-4-13(17)15(12)14/h3-10,16,19H,1-2H3. The number of hydrogen-bond donors (Lipinski definition) is 1. The van der Waals surface area contributed by atoms with Crippen molar-refractivity contribution in [3.8, 4) is 0 Å². The van der Waals surface area contributed by atoms with Crippen molar-refractivity contribution in [1.82, 2.24) is 14.9 Å². The molecule has 0 radical (unpaired) electrons. The Morgan fingerprint density at radius 1 is 1.15 bits per heavy atom. The molecule has 0 bridgehead atoms. The van der Waals surface area contributed by atoms with Crippen molar-refractivity contribution in [2.24, 2.45) is 0 Å². The molecule has 0 fully saturated rings. The van der Waals surface area contributed by atoms with Crippen LogP contribution in [0.4, 0.5) is 0 Å². The van der Waals surface area contributed by atoms with E-state index in [4.69, 9.17) is 11.6 Å². The predicted octanol–water partition coefficient (Wildman–Crippen LogP) is 3.87. The highest BCUT2D eigenvalue weighted by molar-refractivity contribution is 6.35. The summed E-state index contributed by atoms with van der Waals surface area (Å²) in [5.41, 5.74) is 3.45. The molecule has 4 heteroatoms. The number of nitrogens with zero attached hydrogens (tertiary/aromatic N) is 2. The summed E-state index contributed by atoms with van der Waals surface area (Å²) in [7, 11) is 4.14. The lowest BCUT2D eigenvalue weighted by molar-refractivity contribution is 0.344. The highest BCUT2D eigenvalue weighted by Gasteiger charge is 2.21. The van der Waals surface area contributed by atoms with Gasteiger partial charge in [-0.1, -0.05) is 17.7 Å². The third-order valence-corrected chi connectivity index (χ3v) is 3.83. The van der Waals surface area contributed by atoms with Crippen LogP contribution < -0.4 is 0 Å². The van der Waals surface area contributed by atoms with Crippen LogP contribution in [-0.4, -0.2) is 29.0 Å². The molecular formula is C16H16ClN3. The van der Waals surface area contributed by atoms with Gasteiger partial charge in [-0.05, 0) is 43.9 Å². The van der Waals surface area contributed by atoms with Crippen molar-refractivity contribution in [3.05, 3.63) is 65.1 Å². The molecule has 2 heterocycles. The first-order valence-electron chi connectivity index (χ1n) is 6.50. The van der Waals surface area contributed by atoms with E-state index in [1.807, 2.05) is 48.9 Å². The van der Waals surface area contributed by atoms with Crippen molar-refractivity contribution in [2.45, 2.75) is 6.04 Å². The molecule has 20 heavy (non-hydrogen) atoms. The Labute approximate surface area is 123 Å². The smallest absolute Gasteiger partial charge is 0.0619 e. The molecule has 1 aromatic carbocycles. The molecular weight excluding hydrogens is 270 g/mol. The number of rotatable bonds is 3. The molecule has 102 valence electrons. The van der Waals surface area contributed by atoms with E-state index >= 15 is 0 Å². The molecule has 3 rings (SSSR count). The van der Waals surface area contributed by atoms with E-state index in [0.29, 0.717) is 0 Å². The van der Waals surface area contributed by atoms with Gasteiger partial charge in [-0.15, -0.1) is 0 Å². The number of pyridine rings is 1. The molecule has 0 saturated carbocycles. The van der Waals surface area contributed by atoms with Crippen LogP contribution in [0.15, 0.2) is 48.9 Å². The predicted molar refractivity (Wildman–Crippen MR) is 83.1 cm³/mol. The summed E-state index contributed by atoms with van der Waals surface area (Å²) < 4.78 is 0. The van der Waals surface area contributed by atoms with Gasteiger partial charge in [0.1, 0.15) is 0 Å². The van der Waals surface area contributed by atoms with Crippen LogP contribution in [0.25, 0.3) is 10.9 Å². The summed E-state index contributed by atoms with van der Waals surface area (Å²) in [4.78, 5) is 9.59. The van der Waals surface area contributed by atoms with Crippen molar-refractivity contribution in [1.29, 1.82) is 0 Å². The van der Waals surface area contributed by atoms with Gasteiger partial charge in [0.25, 0.3) is 0 Å². The number of H-pyrrole nitrogens is 1. The maximum Gasteiger partial charge on any atom is 0.0619 e. The number of nitrogens with one attached hydrogen (secondary N) is 1. The van der Waals surface area contributed by atoms with Crippen molar-refractivity contribution < 1.29 is 0 Å². The molecule has 3 aromatic rings.